The Labute approximate surface area is 218 Å². The molecule has 192 valence electrons. The van der Waals surface area contributed by atoms with Crippen LogP contribution in [0.4, 0.5) is 11.4 Å². The van der Waals surface area contributed by atoms with E-state index in [1.165, 1.54) is 17.1 Å². The van der Waals surface area contributed by atoms with Gasteiger partial charge in [-0.3, -0.25) is 19.2 Å². The van der Waals surface area contributed by atoms with Crippen LogP contribution in [-0.4, -0.2) is 61.3 Å². The Bertz CT molecular complexity index is 1390. The molecule has 3 saturated heterocycles. The molecular formula is C29H24N2O7. The summed E-state index contributed by atoms with van der Waals surface area (Å²) in [5.74, 6) is -2.36. The van der Waals surface area contributed by atoms with Crippen LogP contribution in [0.1, 0.15) is 11.1 Å². The molecule has 0 N–H and O–H groups in total. The van der Waals surface area contributed by atoms with Crippen molar-refractivity contribution in [3.63, 3.8) is 0 Å². The third kappa shape index (κ3) is 3.65. The third-order valence-corrected chi connectivity index (χ3v) is 7.80. The number of imide groups is 2. The molecule has 5 heterocycles. The van der Waals surface area contributed by atoms with Gasteiger partial charge in [-0.15, -0.1) is 0 Å². The second-order valence-electron chi connectivity index (χ2n) is 10.2. The molecule has 5 atom stereocenters. The topological polar surface area (TPSA) is 106 Å². The van der Waals surface area contributed by atoms with Gasteiger partial charge < -0.3 is 14.2 Å². The zero-order valence-electron chi connectivity index (χ0n) is 20.3. The fraction of sp³-hybridized carbons (Fsp3) is 0.310. The van der Waals surface area contributed by atoms with Gasteiger partial charge >= 0.3 is 0 Å². The summed E-state index contributed by atoms with van der Waals surface area (Å²) >= 11 is 0. The summed E-state index contributed by atoms with van der Waals surface area (Å²) < 4.78 is 17.1. The third-order valence-electron chi connectivity index (χ3n) is 7.80. The van der Waals surface area contributed by atoms with E-state index in [0.717, 1.165) is 16.0 Å². The normalized spacial score (nSPS) is 30.7. The van der Waals surface area contributed by atoms with E-state index >= 15 is 0 Å². The highest BCUT2D eigenvalue weighted by atomic mass is 16.6. The minimum atomic E-state index is -0.918. The van der Waals surface area contributed by atoms with Crippen molar-refractivity contribution in [2.24, 2.45) is 11.8 Å². The highest BCUT2D eigenvalue weighted by Crippen LogP contribution is 2.52. The van der Waals surface area contributed by atoms with Crippen molar-refractivity contribution in [1.82, 2.24) is 0 Å². The molecule has 38 heavy (non-hydrogen) atoms. The van der Waals surface area contributed by atoms with Gasteiger partial charge in [0.05, 0.1) is 49.1 Å². The van der Waals surface area contributed by atoms with Crippen LogP contribution in [0.2, 0.25) is 0 Å². The first-order valence-corrected chi connectivity index (χ1v) is 12.6. The van der Waals surface area contributed by atoms with E-state index in [0.29, 0.717) is 31.0 Å². The van der Waals surface area contributed by atoms with E-state index in [9.17, 15) is 19.2 Å². The number of amides is 4. The van der Waals surface area contributed by atoms with Gasteiger partial charge in [0.25, 0.3) is 11.8 Å². The Morgan fingerprint density at radius 2 is 1.45 bits per heavy atom. The van der Waals surface area contributed by atoms with Gasteiger partial charge in [0.15, 0.2) is 0 Å². The molecule has 4 amide bonds. The number of carbonyl (C=O) groups is 4. The van der Waals surface area contributed by atoms with Gasteiger partial charge in [0, 0.05) is 12.2 Å². The van der Waals surface area contributed by atoms with Crippen LogP contribution >= 0.6 is 0 Å². The van der Waals surface area contributed by atoms with E-state index in [1.807, 2.05) is 36.4 Å². The summed E-state index contributed by atoms with van der Waals surface area (Å²) in [7, 11) is 0. The van der Waals surface area contributed by atoms with E-state index < -0.39 is 23.5 Å². The van der Waals surface area contributed by atoms with Crippen molar-refractivity contribution in [2.45, 2.75) is 24.2 Å². The maximum Gasteiger partial charge on any atom is 0.258 e. The lowest BCUT2D eigenvalue weighted by atomic mass is 9.77. The van der Waals surface area contributed by atoms with Gasteiger partial charge in [-0.1, -0.05) is 36.4 Å². The Kier molecular flexibility index (Phi) is 5.23. The first kappa shape index (κ1) is 23.2. The molecule has 0 spiro atoms. The summed E-state index contributed by atoms with van der Waals surface area (Å²) in [6.45, 7) is 1.34. The molecule has 0 saturated carbocycles. The van der Waals surface area contributed by atoms with E-state index in [1.54, 1.807) is 24.3 Å². The summed E-state index contributed by atoms with van der Waals surface area (Å²) in [6, 6.07) is 14.6. The van der Waals surface area contributed by atoms with Gasteiger partial charge in [-0.2, -0.15) is 0 Å². The van der Waals surface area contributed by atoms with Gasteiger partial charge in [0.1, 0.15) is 11.7 Å². The number of benzene rings is 2. The zero-order valence-corrected chi connectivity index (χ0v) is 20.3. The van der Waals surface area contributed by atoms with Crippen molar-refractivity contribution in [3.05, 3.63) is 84.0 Å². The Morgan fingerprint density at radius 1 is 0.842 bits per heavy atom. The number of hydrogen-bond acceptors (Lipinski definition) is 7. The summed E-state index contributed by atoms with van der Waals surface area (Å²) in [5, 5.41) is 0. The highest BCUT2D eigenvalue weighted by molar-refractivity contribution is 6.28. The first-order chi connectivity index (χ1) is 18.4. The van der Waals surface area contributed by atoms with Crippen molar-refractivity contribution in [2.75, 3.05) is 29.6 Å². The molecule has 0 aliphatic carbocycles. The lowest BCUT2D eigenvalue weighted by Crippen LogP contribution is -2.44. The number of anilines is 2. The van der Waals surface area contributed by atoms with Crippen LogP contribution in [0.15, 0.2) is 72.8 Å². The number of hydrogen-bond donors (Lipinski definition) is 0. The summed E-state index contributed by atoms with van der Waals surface area (Å²) in [6.07, 6.45) is 6.55. The zero-order chi connectivity index (χ0) is 26.0. The van der Waals surface area contributed by atoms with Crippen LogP contribution < -0.4 is 9.80 Å². The minimum absolute atomic E-state index is 0.106. The largest absolute Gasteiger partial charge is 0.375 e. The highest BCUT2D eigenvalue weighted by Gasteiger charge is 2.68. The number of ether oxygens (including phenoxy) is 3. The Balaban J connectivity index is 1.04. The molecule has 5 aliphatic rings. The smallest absolute Gasteiger partial charge is 0.258 e. The molecule has 9 heteroatoms. The molecule has 0 aromatic heterocycles. The monoisotopic (exact) mass is 512 g/mol. The molecule has 2 aromatic carbocycles. The predicted octanol–water partition coefficient (Wildman–Crippen LogP) is 1.94. The number of epoxide rings is 1. The van der Waals surface area contributed by atoms with Crippen LogP contribution in [-0.2, 0) is 39.8 Å². The number of nitrogens with zero attached hydrogens (tertiary/aromatic N) is 2. The summed E-state index contributed by atoms with van der Waals surface area (Å²) in [4.78, 5) is 53.1. The molecule has 5 aliphatic heterocycles. The van der Waals surface area contributed by atoms with E-state index in [-0.39, 0.29) is 36.3 Å². The molecule has 3 fully saturated rings. The van der Waals surface area contributed by atoms with Crippen LogP contribution in [0.25, 0.3) is 0 Å². The van der Waals surface area contributed by atoms with E-state index in [2.05, 4.69) is 0 Å². The molecule has 2 bridgehead atoms. The molecule has 0 radical (unpaired) electrons. The fourth-order valence-electron chi connectivity index (χ4n) is 5.85. The standard InChI is InChI=1S/C29H24N2O7/c32-23-9-10-24(33)30(23)19-5-1-17(2-6-19)13-18-3-7-20(8-4-18)31-27(34)25-22-11-12-29(38-22,26(25)28(31)35)16-36-14-21-15-37-21/h1-12,21-22,25-26H,13-16H2. The second-order valence-corrected chi connectivity index (χ2v) is 10.2. The molecule has 2 aromatic rings. The number of rotatable bonds is 8. The lowest BCUT2D eigenvalue weighted by Gasteiger charge is -2.28. The van der Waals surface area contributed by atoms with Crippen molar-refractivity contribution in [3.8, 4) is 0 Å². The molecule has 7 rings (SSSR count). The Hall–Kier alpha value is -3.92. The SMILES string of the molecule is O=C1C=CC(=O)N1c1ccc(Cc2ccc(N3C(=O)C4C5C=CC(COCC6CO6)(O5)C4C3=O)cc2)cc1. The maximum absolute atomic E-state index is 13.5. The lowest BCUT2D eigenvalue weighted by molar-refractivity contribution is -0.129. The van der Waals surface area contributed by atoms with Crippen molar-refractivity contribution >= 4 is 35.0 Å². The van der Waals surface area contributed by atoms with Gasteiger partial charge in [-0.05, 0) is 41.8 Å². The van der Waals surface area contributed by atoms with Crippen molar-refractivity contribution in [1.29, 1.82) is 0 Å². The average molecular weight is 513 g/mol. The van der Waals surface area contributed by atoms with E-state index in [4.69, 9.17) is 14.2 Å². The van der Waals surface area contributed by atoms with Gasteiger partial charge in [0.2, 0.25) is 11.8 Å². The maximum atomic E-state index is 13.5. The number of fused-ring (bicyclic) bond motifs is 5. The predicted molar refractivity (Wildman–Crippen MR) is 134 cm³/mol. The average Bonchev–Trinajstić information content (AvgIpc) is 3.29. The molecule has 9 nitrogen and oxygen atoms in total. The number of carbonyl (C=O) groups excluding carboxylic acids is 4. The van der Waals surface area contributed by atoms with Crippen LogP contribution in [0, 0.1) is 11.8 Å². The summed E-state index contributed by atoms with van der Waals surface area (Å²) in [5.41, 5.74) is 2.13. The fourth-order valence-corrected chi connectivity index (χ4v) is 5.85. The van der Waals surface area contributed by atoms with Crippen LogP contribution in [0.3, 0.4) is 0 Å². The molecular weight excluding hydrogens is 488 g/mol. The van der Waals surface area contributed by atoms with Crippen molar-refractivity contribution < 1.29 is 33.4 Å². The minimum Gasteiger partial charge on any atom is -0.375 e. The quantitative estimate of drug-likeness (QED) is 0.302. The Morgan fingerprint density at radius 3 is 2.05 bits per heavy atom. The first-order valence-electron chi connectivity index (χ1n) is 12.6. The van der Waals surface area contributed by atoms with Gasteiger partial charge in [-0.25, -0.2) is 9.80 Å². The second kappa shape index (κ2) is 8.56. The molecule has 5 unspecified atom stereocenters. The van der Waals surface area contributed by atoms with Crippen LogP contribution in [0.5, 0.6) is 0 Å².